The Labute approximate surface area is 170 Å². The summed E-state index contributed by atoms with van der Waals surface area (Å²) in [5, 5.41) is 15.7. The van der Waals surface area contributed by atoms with Crippen LogP contribution in [0.25, 0.3) is 0 Å². The van der Waals surface area contributed by atoms with Crippen molar-refractivity contribution in [3.63, 3.8) is 0 Å². The summed E-state index contributed by atoms with van der Waals surface area (Å²) >= 11 is 1.90. The molecule has 140 valence electrons. The Morgan fingerprint density at radius 2 is 2.08 bits per heavy atom. The first-order valence-corrected chi connectivity index (χ1v) is 8.65. The van der Waals surface area contributed by atoms with E-state index in [1.54, 1.807) is 18.3 Å². The summed E-state index contributed by atoms with van der Waals surface area (Å²) in [5.74, 6) is 2.85. The molecule has 0 bridgehead atoms. The van der Waals surface area contributed by atoms with Crippen LogP contribution in [0.3, 0.4) is 0 Å². The second kappa shape index (κ2) is 11.7. The van der Waals surface area contributed by atoms with Crippen LogP contribution in [-0.4, -0.2) is 59.0 Å². The van der Waals surface area contributed by atoms with Crippen LogP contribution in [0.4, 0.5) is 5.82 Å². The van der Waals surface area contributed by atoms with Gasteiger partial charge in [-0.1, -0.05) is 0 Å². The highest BCUT2D eigenvalue weighted by molar-refractivity contribution is 7.99. The van der Waals surface area contributed by atoms with Gasteiger partial charge in [-0.2, -0.15) is 17.0 Å². The predicted molar refractivity (Wildman–Crippen MR) is 108 cm³/mol. The molecule has 0 aromatic carbocycles. The topological polar surface area (TPSA) is 81.0 Å². The first kappa shape index (κ1) is 24.1. The third-order valence-electron chi connectivity index (χ3n) is 4.02. The van der Waals surface area contributed by atoms with Gasteiger partial charge in [0.25, 0.3) is 0 Å². The fourth-order valence-electron chi connectivity index (χ4n) is 2.84. The normalized spacial score (nSPS) is 21.8. The molecule has 2 atom stereocenters. The van der Waals surface area contributed by atoms with Gasteiger partial charge in [-0.3, -0.25) is 4.79 Å². The lowest BCUT2D eigenvalue weighted by Gasteiger charge is -2.28. The minimum Gasteiger partial charge on any atom is -0.365 e. The van der Waals surface area contributed by atoms with E-state index < -0.39 is 0 Å². The van der Waals surface area contributed by atoms with E-state index in [1.165, 1.54) is 0 Å². The van der Waals surface area contributed by atoms with Crippen molar-refractivity contribution in [1.82, 2.24) is 15.2 Å². The average Bonchev–Trinajstić information content (AvgIpc) is 3.04. The van der Waals surface area contributed by atoms with Gasteiger partial charge in [0.15, 0.2) is 0 Å². The SMILES string of the molecule is Cl.Cl.Cl.N#Cc1cccnc1N[C@@H]1CN[C@H](C(=O)N2CCSCC2)C1. The number of carbonyl (C=O) groups excluding carboxylic acids is 1. The van der Waals surface area contributed by atoms with Crippen LogP contribution in [0.2, 0.25) is 0 Å². The Balaban J connectivity index is 0.00000192. The van der Waals surface area contributed by atoms with Gasteiger partial charge >= 0.3 is 0 Å². The maximum Gasteiger partial charge on any atom is 0.239 e. The molecule has 2 fully saturated rings. The Bertz CT molecular complexity index is 595. The Kier molecular flexibility index (Phi) is 11.2. The van der Waals surface area contributed by atoms with Crippen LogP contribution in [0, 0.1) is 11.3 Å². The molecular weight excluding hydrogens is 405 g/mol. The molecule has 0 spiro atoms. The molecule has 3 rings (SSSR count). The average molecular weight is 427 g/mol. The summed E-state index contributed by atoms with van der Waals surface area (Å²) in [6.45, 7) is 2.40. The minimum absolute atomic E-state index is 0. The number of nitrogens with zero attached hydrogens (tertiary/aromatic N) is 3. The maximum atomic E-state index is 12.5. The summed E-state index contributed by atoms with van der Waals surface area (Å²) in [6, 6.07) is 5.61. The largest absolute Gasteiger partial charge is 0.365 e. The van der Waals surface area contributed by atoms with Gasteiger partial charge in [0.2, 0.25) is 5.91 Å². The van der Waals surface area contributed by atoms with E-state index in [9.17, 15) is 4.79 Å². The molecule has 2 saturated heterocycles. The number of rotatable bonds is 3. The van der Waals surface area contributed by atoms with Crippen molar-refractivity contribution < 1.29 is 4.79 Å². The van der Waals surface area contributed by atoms with Crippen LogP contribution in [0.15, 0.2) is 18.3 Å². The second-order valence-electron chi connectivity index (χ2n) is 5.49. The van der Waals surface area contributed by atoms with E-state index in [2.05, 4.69) is 21.7 Å². The molecule has 0 radical (unpaired) electrons. The molecular formula is C15H22Cl3N5OS. The highest BCUT2D eigenvalue weighted by atomic mass is 35.5. The number of thioether (sulfide) groups is 1. The quantitative estimate of drug-likeness (QED) is 0.769. The predicted octanol–water partition coefficient (Wildman–Crippen LogP) is 1.94. The smallest absolute Gasteiger partial charge is 0.239 e. The molecule has 3 heterocycles. The Morgan fingerprint density at radius 3 is 2.76 bits per heavy atom. The standard InChI is InChI=1S/C15H19N5OS.3ClH/c16-9-11-2-1-3-17-14(11)19-12-8-13(18-10-12)15(21)20-4-6-22-7-5-20;;;/h1-3,12-13,18H,4-8,10H2,(H,17,19);3*1H/t12-,13-;;;/m0.../s1. The number of halogens is 3. The zero-order valence-electron chi connectivity index (χ0n) is 13.5. The van der Waals surface area contributed by atoms with E-state index in [1.807, 2.05) is 16.7 Å². The summed E-state index contributed by atoms with van der Waals surface area (Å²) < 4.78 is 0. The molecule has 0 aliphatic carbocycles. The van der Waals surface area contributed by atoms with E-state index in [4.69, 9.17) is 5.26 Å². The zero-order chi connectivity index (χ0) is 15.4. The van der Waals surface area contributed by atoms with Gasteiger partial charge in [-0.05, 0) is 18.6 Å². The number of amides is 1. The lowest BCUT2D eigenvalue weighted by Crippen LogP contribution is -2.46. The minimum atomic E-state index is -0.130. The molecule has 0 unspecified atom stereocenters. The lowest BCUT2D eigenvalue weighted by molar-refractivity contribution is -0.132. The van der Waals surface area contributed by atoms with Crippen LogP contribution in [-0.2, 0) is 4.79 Å². The number of anilines is 1. The van der Waals surface area contributed by atoms with Crippen molar-refractivity contribution in [1.29, 1.82) is 5.26 Å². The Hall–Kier alpha value is -0.910. The number of nitriles is 1. The van der Waals surface area contributed by atoms with Crippen LogP contribution >= 0.6 is 49.0 Å². The summed E-state index contributed by atoms with van der Waals surface area (Å²) in [7, 11) is 0. The maximum absolute atomic E-state index is 12.5. The Morgan fingerprint density at radius 1 is 1.36 bits per heavy atom. The van der Waals surface area contributed by atoms with Gasteiger partial charge < -0.3 is 15.5 Å². The number of hydrogen-bond acceptors (Lipinski definition) is 6. The van der Waals surface area contributed by atoms with Gasteiger partial charge in [0, 0.05) is 43.4 Å². The molecule has 0 saturated carbocycles. The molecule has 1 aromatic rings. The fraction of sp³-hybridized carbons (Fsp3) is 0.533. The highest BCUT2D eigenvalue weighted by Gasteiger charge is 2.33. The van der Waals surface area contributed by atoms with E-state index >= 15 is 0 Å². The second-order valence-corrected chi connectivity index (χ2v) is 6.71. The molecule has 1 aromatic heterocycles. The van der Waals surface area contributed by atoms with Gasteiger partial charge in [0.05, 0.1) is 11.6 Å². The van der Waals surface area contributed by atoms with Crippen molar-refractivity contribution >= 4 is 60.7 Å². The van der Waals surface area contributed by atoms with E-state index in [0.29, 0.717) is 17.9 Å². The van der Waals surface area contributed by atoms with E-state index in [0.717, 1.165) is 31.0 Å². The lowest BCUT2D eigenvalue weighted by atomic mass is 10.1. The van der Waals surface area contributed by atoms with Crippen molar-refractivity contribution in [3.8, 4) is 6.07 Å². The number of nitrogens with one attached hydrogen (secondary N) is 2. The molecule has 6 nitrogen and oxygen atoms in total. The first-order chi connectivity index (χ1) is 10.8. The number of hydrogen-bond donors (Lipinski definition) is 2. The van der Waals surface area contributed by atoms with Crippen LogP contribution in [0.5, 0.6) is 0 Å². The van der Waals surface area contributed by atoms with Crippen molar-refractivity contribution in [2.75, 3.05) is 36.5 Å². The highest BCUT2D eigenvalue weighted by Crippen LogP contribution is 2.18. The number of carbonyl (C=O) groups is 1. The molecule has 2 aliphatic heterocycles. The van der Waals surface area contributed by atoms with Crippen molar-refractivity contribution in [2.45, 2.75) is 18.5 Å². The molecule has 1 amide bonds. The summed E-state index contributed by atoms with van der Waals surface area (Å²) in [6.07, 6.45) is 2.39. The molecule has 25 heavy (non-hydrogen) atoms. The van der Waals surface area contributed by atoms with Crippen LogP contribution < -0.4 is 10.6 Å². The number of pyridine rings is 1. The van der Waals surface area contributed by atoms with Gasteiger partial charge in [-0.15, -0.1) is 37.2 Å². The zero-order valence-corrected chi connectivity index (χ0v) is 16.8. The molecule has 10 heteroatoms. The van der Waals surface area contributed by atoms with E-state index in [-0.39, 0.29) is 55.2 Å². The van der Waals surface area contributed by atoms with Gasteiger partial charge in [0.1, 0.15) is 11.9 Å². The summed E-state index contributed by atoms with van der Waals surface area (Å²) in [5.41, 5.74) is 0.533. The number of aromatic nitrogens is 1. The first-order valence-electron chi connectivity index (χ1n) is 7.49. The van der Waals surface area contributed by atoms with Crippen molar-refractivity contribution in [2.24, 2.45) is 0 Å². The molecule has 2 aliphatic rings. The van der Waals surface area contributed by atoms with Gasteiger partial charge in [-0.25, -0.2) is 4.98 Å². The molecule has 2 N–H and O–H groups in total. The third kappa shape index (κ3) is 6.08. The third-order valence-corrected chi connectivity index (χ3v) is 4.96. The van der Waals surface area contributed by atoms with Crippen molar-refractivity contribution in [3.05, 3.63) is 23.9 Å². The summed E-state index contributed by atoms with van der Waals surface area (Å²) in [4.78, 5) is 18.6. The fourth-order valence-corrected chi connectivity index (χ4v) is 3.74. The van der Waals surface area contributed by atoms with Crippen LogP contribution in [0.1, 0.15) is 12.0 Å². The monoisotopic (exact) mass is 425 g/mol.